The van der Waals surface area contributed by atoms with Crippen molar-refractivity contribution in [2.45, 2.75) is 26.4 Å². The number of benzene rings is 1. The van der Waals surface area contributed by atoms with E-state index in [-0.39, 0.29) is 0 Å². The largest absolute Gasteiger partial charge is 0.497 e. The number of ether oxygens (including phenoxy) is 1. The Bertz CT molecular complexity index is 618. The topological polar surface area (TPSA) is 63.5 Å². The van der Waals surface area contributed by atoms with Crippen LogP contribution in [0.25, 0.3) is 0 Å². The molecule has 0 fully saturated rings. The van der Waals surface area contributed by atoms with Crippen molar-refractivity contribution in [1.29, 1.82) is 0 Å². The summed E-state index contributed by atoms with van der Waals surface area (Å²) in [7, 11) is 3.45. The van der Waals surface area contributed by atoms with Gasteiger partial charge in [-0.15, -0.1) is 0 Å². The molecule has 1 aromatic carbocycles. The fraction of sp³-hybridized carbons (Fsp3) is 0.412. The first-order chi connectivity index (χ1) is 11.2. The van der Waals surface area contributed by atoms with Crippen molar-refractivity contribution >= 4 is 5.96 Å². The first kappa shape index (κ1) is 16.9. The highest BCUT2D eigenvalue weighted by Crippen LogP contribution is 2.10. The third kappa shape index (κ3) is 5.65. The number of aliphatic imine (C=N–C) groups is 1. The minimum absolute atomic E-state index is 0.724. The van der Waals surface area contributed by atoms with E-state index in [0.29, 0.717) is 0 Å². The van der Waals surface area contributed by atoms with Crippen LogP contribution in [-0.4, -0.2) is 36.4 Å². The smallest absolute Gasteiger partial charge is 0.191 e. The zero-order valence-corrected chi connectivity index (χ0v) is 14.0. The van der Waals surface area contributed by atoms with Crippen LogP contribution in [0.4, 0.5) is 0 Å². The molecule has 1 heterocycles. The van der Waals surface area contributed by atoms with Crippen molar-refractivity contribution in [1.82, 2.24) is 20.4 Å². The van der Waals surface area contributed by atoms with Crippen LogP contribution in [0.5, 0.6) is 5.75 Å². The summed E-state index contributed by atoms with van der Waals surface area (Å²) in [4.78, 5) is 4.23. The monoisotopic (exact) mass is 315 g/mol. The molecule has 23 heavy (non-hydrogen) atoms. The number of methoxy groups -OCH3 is 1. The molecule has 124 valence electrons. The molecule has 0 aliphatic heterocycles. The molecule has 2 N–H and O–H groups in total. The van der Waals surface area contributed by atoms with Crippen LogP contribution in [0, 0.1) is 6.92 Å². The van der Waals surface area contributed by atoms with Crippen molar-refractivity contribution in [2.75, 3.05) is 20.7 Å². The second-order valence-corrected chi connectivity index (χ2v) is 5.33. The SMILES string of the molecule is CN=C(NCCCn1cc(C)cn1)NCc1ccc(OC)cc1. The molecule has 0 atom stereocenters. The van der Waals surface area contributed by atoms with Gasteiger partial charge < -0.3 is 15.4 Å². The lowest BCUT2D eigenvalue weighted by Gasteiger charge is -2.12. The number of nitrogens with zero attached hydrogens (tertiary/aromatic N) is 3. The van der Waals surface area contributed by atoms with Crippen LogP contribution in [0.3, 0.4) is 0 Å². The molecule has 0 aliphatic rings. The van der Waals surface area contributed by atoms with Gasteiger partial charge in [-0.05, 0) is 36.6 Å². The molecule has 6 heteroatoms. The van der Waals surface area contributed by atoms with Crippen molar-refractivity contribution in [3.05, 3.63) is 47.8 Å². The van der Waals surface area contributed by atoms with Gasteiger partial charge in [-0.25, -0.2) is 0 Å². The van der Waals surface area contributed by atoms with E-state index < -0.39 is 0 Å². The molecule has 2 aromatic rings. The van der Waals surface area contributed by atoms with Gasteiger partial charge in [0, 0.05) is 32.9 Å². The first-order valence-electron chi connectivity index (χ1n) is 7.78. The van der Waals surface area contributed by atoms with E-state index in [0.717, 1.165) is 37.8 Å². The number of guanidine groups is 1. The molecule has 0 bridgehead atoms. The highest BCUT2D eigenvalue weighted by Gasteiger charge is 1.99. The minimum Gasteiger partial charge on any atom is -0.497 e. The molecule has 0 saturated heterocycles. The Morgan fingerprint density at radius 2 is 2.04 bits per heavy atom. The number of hydrogen-bond acceptors (Lipinski definition) is 3. The van der Waals surface area contributed by atoms with E-state index in [1.807, 2.05) is 42.1 Å². The Morgan fingerprint density at radius 1 is 1.26 bits per heavy atom. The Kier molecular flexibility index (Phi) is 6.47. The molecule has 2 rings (SSSR count). The van der Waals surface area contributed by atoms with Gasteiger partial charge in [-0.2, -0.15) is 5.10 Å². The average molecular weight is 315 g/mol. The second kappa shape index (κ2) is 8.82. The van der Waals surface area contributed by atoms with Gasteiger partial charge in [0.05, 0.1) is 13.3 Å². The zero-order valence-electron chi connectivity index (χ0n) is 14.0. The van der Waals surface area contributed by atoms with Gasteiger partial charge in [0.1, 0.15) is 5.75 Å². The predicted octanol–water partition coefficient (Wildman–Crippen LogP) is 1.96. The van der Waals surface area contributed by atoms with Crippen molar-refractivity contribution in [3.8, 4) is 5.75 Å². The number of aromatic nitrogens is 2. The van der Waals surface area contributed by atoms with Gasteiger partial charge in [0.15, 0.2) is 5.96 Å². The molecule has 0 saturated carbocycles. The number of hydrogen-bond donors (Lipinski definition) is 2. The zero-order chi connectivity index (χ0) is 16.5. The van der Waals surface area contributed by atoms with E-state index in [2.05, 4.69) is 26.9 Å². The predicted molar refractivity (Wildman–Crippen MR) is 92.8 cm³/mol. The average Bonchev–Trinajstić information content (AvgIpc) is 3.00. The van der Waals surface area contributed by atoms with Gasteiger partial charge in [-0.3, -0.25) is 9.67 Å². The standard InChI is InChI=1S/C17H25N5O/c1-14-11-21-22(13-14)10-4-9-19-17(18-2)20-12-15-5-7-16(23-3)8-6-15/h5-8,11,13H,4,9-10,12H2,1-3H3,(H2,18,19,20). The first-order valence-corrected chi connectivity index (χ1v) is 7.78. The molecule has 0 aliphatic carbocycles. The van der Waals surface area contributed by atoms with Gasteiger partial charge >= 0.3 is 0 Å². The molecule has 1 aromatic heterocycles. The Morgan fingerprint density at radius 3 is 2.65 bits per heavy atom. The number of rotatable bonds is 7. The third-order valence-corrected chi connectivity index (χ3v) is 3.46. The van der Waals surface area contributed by atoms with Crippen molar-refractivity contribution in [2.24, 2.45) is 4.99 Å². The number of nitrogens with one attached hydrogen (secondary N) is 2. The Labute approximate surface area is 137 Å². The van der Waals surface area contributed by atoms with Crippen LogP contribution in [-0.2, 0) is 13.1 Å². The van der Waals surface area contributed by atoms with E-state index in [1.165, 1.54) is 11.1 Å². The van der Waals surface area contributed by atoms with Crippen molar-refractivity contribution in [3.63, 3.8) is 0 Å². The summed E-state index contributed by atoms with van der Waals surface area (Å²) in [6, 6.07) is 8.00. The molecule has 0 radical (unpaired) electrons. The maximum atomic E-state index is 5.16. The van der Waals surface area contributed by atoms with Gasteiger partial charge in [0.2, 0.25) is 0 Å². The lowest BCUT2D eigenvalue weighted by atomic mass is 10.2. The van der Waals surface area contributed by atoms with E-state index in [4.69, 9.17) is 4.74 Å². The minimum atomic E-state index is 0.724. The molecular formula is C17H25N5O. The lowest BCUT2D eigenvalue weighted by molar-refractivity contribution is 0.414. The summed E-state index contributed by atoms with van der Waals surface area (Å²) in [5.41, 5.74) is 2.37. The van der Waals surface area contributed by atoms with E-state index in [9.17, 15) is 0 Å². The van der Waals surface area contributed by atoms with E-state index >= 15 is 0 Å². The molecule has 6 nitrogen and oxygen atoms in total. The molecule has 0 amide bonds. The van der Waals surface area contributed by atoms with E-state index in [1.54, 1.807) is 14.2 Å². The summed E-state index contributed by atoms with van der Waals surface area (Å²) < 4.78 is 7.12. The lowest BCUT2D eigenvalue weighted by Crippen LogP contribution is -2.37. The maximum absolute atomic E-state index is 5.16. The third-order valence-electron chi connectivity index (χ3n) is 3.46. The summed E-state index contributed by atoms with van der Waals surface area (Å²) >= 11 is 0. The molecule has 0 spiro atoms. The highest BCUT2D eigenvalue weighted by atomic mass is 16.5. The Balaban J connectivity index is 1.68. The Hall–Kier alpha value is -2.50. The van der Waals surface area contributed by atoms with Crippen LogP contribution in [0.1, 0.15) is 17.5 Å². The summed E-state index contributed by atoms with van der Waals surface area (Å²) in [6.07, 6.45) is 4.92. The second-order valence-electron chi connectivity index (χ2n) is 5.33. The summed E-state index contributed by atoms with van der Waals surface area (Å²) in [6.45, 7) is 4.52. The van der Waals surface area contributed by atoms with Gasteiger partial charge in [-0.1, -0.05) is 12.1 Å². The number of aryl methyl sites for hydroxylation is 2. The normalized spacial score (nSPS) is 11.3. The van der Waals surface area contributed by atoms with Gasteiger partial charge in [0.25, 0.3) is 0 Å². The van der Waals surface area contributed by atoms with Crippen LogP contribution < -0.4 is 15.4 Å². The molecule has 0 unspecified atom stereocenters. The van der Waals surface area contributed by atoms with Crippen LogP contribution >= 0.6 is 0 Å². The quantitative estimate of drug-likeness (QED) is 0.466. The highest BCUT2D eigenvalue weighted by molar-refractivity contribution is 5.79. The fourth-order valence-electron chi connectivity index (χ4n) is 2.19. The van der Waals surface area contributed by atoms with Crippen LogP contribution in [0.15, 0.2) is 41.7 Å². The maximum Gasteiger partial charge on any atom is 0.191 e. The van der Waals surface area contributed by atoms with Crippen molar-refractivity contribution < 1.29 is 4.74 Å². The van der Waals surface area contributed by atoms with Crippen LogP contribution in [0.2, 0.25) is 0 Å². The summed E-state index contributed by atoms with van der Waals surface area (Å²) in [5, 5.41) is 10.9. The summed E-state index contributed by atoms with van der Waals surface area (Å²) in [5.74, 6) is 1.67. The molecular weight excluding hydrogens is 290 g/mol. The fourth-order valence-corrected chi connectivity index (χ4v) is 2.19.